The molecule has 0 atom stereocenters. The summed E-state index contributed by atoms with van der Waals surface area (Å²) < 4.78 is 35.6. The van der Waals surface area contributed by atoms with E-state index in [9.17, 15) is 8.42 Å². The van der Waals surface area contributed by atoms with Crippen molar-refractivity contribution in [3.8, 4) is 11.4 Å². The van der Waals surface area contributed by atoms with Crippen molar-refractivity contribution in [1.82, 2.24) is 23.7 Å². The van der Waals surface area contributed by atoms with E-state index in [1.807, 2.05) is 62.4 Å². The third-order valence-electron chi connectivity index (χ3n) is 6.47. The lowest BCUT2D eigenvalue weighted by atomic mass is 10.2. The molecule has 0 saturated carbocycles. The van der Waals surface area contributed by atoms with Crippen LogP contribution in [0.25, 0.3) is 16.9 Å². The summed E-state index contributed by atoms with van der Waals surface area (Å²) in [7, 11) is -1.88. The standard InChI is InChI=1S/C26H29N5O3S/c1-19-6-7-20(2)24(17-19)35(32,33)30-15-13-29(14-16-30)18-25-28-23-5-4-12-27-26(23)31(25)21-8-10-22(34-3)11-9-21/h4-12,17H,13-16,18H2,1-3H3. The van der Waals surface area contributed by atoms with Crippen LogP contribution in [0.1, 0.15) is 17.0 Å². The van der Waals surface area contributed by atoms with Crippen LogP contribution in [-0.4, -0.2) is 65.4 Å². The van der Waals surface area contributed by atoms with Crippen molar-refractivity contribution in [3.63, 3.8) is 0 Å². The van der Waals surface area contributed by atoms with Crippen LogP contribution in [0.3, 0.4) is 0 Å². The first-order valence-electron chi connectivity index (χ1n) is 11.6. The van der Waals surface area contributed by atoms with Gasteiger partial charge in [-0.15, -0.1) is 0 Å². The zero-order chi connectivity index (χ0) is 24.6. The SMILES string of the molecule is COc1ccc(-n2c(CN3CCN(S(=O)(=O)c4cc(C)ccc4C)CC3)nc3cccnc32)cc1. The minimum atomic E-state index is -3.53. The number of benzene rings is 2. The molecule has 0 aliphatic carbocycles. The van der Waals surface area contributed by atoms with Gasteiger partial charge < -0.3 is 4.74 Å². The van der Waals surface area contributed by atoms with Crippen molar-refractivity contribution < 1.29 is 13.2 Å². The Morgan fingerprint density at radius 3 is 2.43 bits per heavy atom. The number of nitrogens with zero attached hydrogens (tertiary/aromatic N) is 5. The molecule has 1 aliphatic heterocycles. The zero-order valence-corrected chi connectivity index (χ0v) is 21.0. The lowest BCUT2D eigenvalue weighted by Crippen LogP contribution is -2.48. The normalized spacial score (nSPS) is 15.5. The molecule has 0 N–H and O–H groups in total. The molecule has 4 aromatic rings. The van der Waals surface area contributed by atoms with Gasteiger partial charge in [0.1, 0.15) is 17.1 Å². The van der Waals surface area contributed by atoms with Crippen LogP contribution in [0.5, 0.6) is 5.75 Å². The van der Waals surface area contributed by atoms with E-state index in [0.717, 1.165) is 39.6 Å². The monoisotopic (exact) mass is 491 g/mol. The molecule has 0 amide bonds. The Morgan fingerprint density at radius 1 is 0.971 bits per heavy atom. The molecular weight excluding hydrogens is 462 g/mol. The van der Waals surface area contributed by atoms with Gasteiger partial charge in [-0.25, -0.2) is 18.4 Å². The lowest BCUT2D eigenvalue weighted by molar-refractivity contribution is 0.177. The van der Waals surface area contributed by atoms with Gasteiger partial charge in [0.25, 0.3) is 0 Å². The second-order valence-electron chi connectivity index (χ2n) is 8.86. The molecule has 0 bridgehead atoms. The van der Waals surface area contributed by atoms with Crippen molar-refractivity contribution in [3.05, 3.63) is 77.7 Å². The van der Waals surface area contributed by atoms with Gasteiger partial charge in [-0.3, -0.25) is 9.47 Å². The minimum Gasteiger partial charge on any atom is -0.497 e. The highest BCUT2D eigenvalue weighted by atomic mass is 32.2. The molecule has 0 unspecified atom stereocenters. The Balaban J connectivity index is 1.37. The van der Waals surface area contributed by atoms with Crippen LogP contribution in [0.4, 0.5) is 0 Å². The average molecular weight is 492 g/mol. The van der Waals surface area contributed by atoms with Crippen LogP contribution < -0.4 is 4.74 Å². The molecule has 1 fully saturated rings. The van der Waals surface area contributed by atoms with Gasteiger partial charge in [0.05, 0.1) is 18.6 Å². The van der Waals surface area contributed by atoms with E-state index in [2.05, 4.69) is 14.5 Å². The van der Waals surface area contributed by atoms with Gasteiger partial charge in [0, 0.05) is 38.1 Å². The second kappa shape index (κ2) is 9.41. The predicted molar refractivity (Wildman–Crippen MR) is 135 cm³/mol. The highest BCUT2D eigenvalue weighted by Crippen LogP contribution is 2.25. The first-order valence-corrected chi connectivity index (χ1v) is 13.1. The molecule has 0 radical (unpaired) electrons. The molecule has 8 nitrogen and oxygen atoms in total. The van der Waals surface area contributed by atoms with Gasteiger partial charge in [-0.05, 0) is 67.4 Å². The van der Waals surface area contributed by atoms with E-state index in [4.69, 9.17) is 9.72 Å². The van der Waals surface area contributed by atoms with Crippen molar-refractivity contribution in [2.75, 3.05) is 33.3 Å². The zero-order valence-electron chi connectivity index (χ0n) is 20.2. The summed E-state index contributed by atoms with van der Waals surface area (Å²) in [5, 5.41) is 0. The molecule has 5 rings (SSSR count). The third-order valence-corrected chi connectivity index (χ3v) is 8.51. The van der Waals surface area contributed by atoms with Gasteiger partial charge in [0.2, 0.25) is 10.0 Å². The maximum atomic E-state index is 13.3. The molecule has 9 heteroatoms. The molecule has 2 aromatic carbocycles. The van der Waals surface area contributed by atoms with Crippen molar-refractivity contribution in [2.45, 2.75) is 25.3 Å². The third kappa shape index (κ3) is 4.54. The number of hydrogen-bond donors (Lipinski definition) is 0. The summed E-state index contributed by atoms with van der Waals surface area (Å²) in [4.78, 5) is 12.1. The number of aryl methyl sites for hydroxylation is 2. The highest BCUT2D eigenvalue weighted by Gasteiger charge is 2.30. The summed E-state index contributed by atoms with van der Waals surface area (Å²) in [6.45, 7) is 6.50. The minimum absolute atomic E-state index is 0.401. The molecule has 3 heterocycles. The van der Waals surface area contributed by atoms with E-state index in [0.29, 0.717) is 37.6 Å². The number of fused-ring (bicyclic) bond motifs is 1. The number of aromatic nitrogens is 3. The van der Waals surface area contributed by atoms with Crippen molar-refractivity contribution >= 4 is 21.2 Å². The number of piperazine rings is 1. The average Bonchev–Trinajstić information content (AvgIpc) is 3.23. The largest absolute Gasteiger partial charge is 0.497 e. The quantitative estimate of drug-likeness (QED) is 0.410. The lowest BCUT2D eigenvalue weighted by Gasteiger charge is -2.34. The van der Waals surface area contributed by atoms with E-state index in [1.54, 1.807) is 23.7 Å². The summed E-state index contributed by atoms with van der Waals surface area (Å²) >= 11 is 0. The number of pyridine rings is 1. The first kappa shape index (κ1) is 23.5. The molecule has 35 heavy (non-hydrogen) atoms. The predicted octanol–water partition coefficient (Wildman–Crippen LogP) is 3.55. The fourth-order valence-electron chi connectivity index (χ4n) is 4.52. The summed E-state index contributed by atoms with van der Waals surface area (Å²) in [6, 6.07) is 17.2. The molecule has 1 aliphatic rings. The van der Waals surface area contributed by atoms with Crippen molar-refractivity contribution in [2.24, 2.45) is 0 Å². The van der Waals surface area contributed by atoms with Crippen LogP contribution in [-0.2, 0) is 16.6 Å². The first-order chi connectivity index (χ1) is 16.9. The number of methoxy groups -OCH3 is 1. The van der Waals surface area contributed by atoms with E-state index < -0.39 is 10.0 Å². The number of sulfonamides is 1. The van der Waals surface area contributed by atoms with Gasteiger partial charge in [-0.1, -0.05) is 12.1 Å². The van der Waals surface area contributed by atoms with Crippen LogP contribution in [0.2, 0.25) is 0 Å². The number of rotatable bonds is 6. The smallest absolute Gasteiger partial charge is 0.243 e. The Bertz CT molecular complexity index is 1460. The number of ether oxygens (including phenoxy) is 1. The molecule has 1 saturated heterocycles. The fraction of sp³-hybridized carbons (Fsp3) is 0.308. The van der Waals surface area contributed by atoms with Gasteiger partial charge in [0.15, 0.2) is 5.65 Å². The van der Waals surface area contributed by atoms with Crippen LogP contribution in [0, 0.1) is 13.8 Å². The number of hydrogen-bond acceptors (Lipinski definition) is 6. The Kier molecular flexibility index (Phi) is 6.31. The summed E-state index contributed by atoms with van der Waals surface area (Å²) in [5.41, 5.74) is 4.30. The topological polar surface area (TPSA) is 80.6 Å². The maximum absolute atomic E-state index is 13.3. The Hall–Kier alpha value is -3.27. The van der Waals surface area contributed by atoms with Gasteiger partial charge in [-0.2, -0.15) is 4.31 Å². The Labute approximate surface area is 205 Å². The molecule has 182 valence electrons. The maximum Gasteiger partial charge on any atom is 0.243 e. The summed E-state index contributed by atoms with van der Waals surface area (Å²) in [6.07, 6.45) is 1.77. The van der Waals surface area contributed by atoms with E-state index in [-0.39, 0.29) is 0 Å². The Morgan fingerprint density at radius 2 is 1.71 bits per heavy atom. The fourth-order valence-corrected chi connectivity index (χ4v) is 6.25. The molecule has 2 aromatic heterocycles. The van der Waals surface area contributed by atoms with Crippen LogP contribution in [0.15, 0.2) is 65.7 Å². The van der Waals surface area contributed by atoms with E-state index >= 15 is 0 Å². The van der Waals surface area contributed by atoms with Gasteiger partial charge >= 0.3 is 0 Å². The molecular formula is C26H29N5O3S. The summed E-state index contributed by atoms with van der Waals surface area (Å²) in [5.74, 6) is 1.66. The van der Waals surface area contributed by atoms with Crippen molar-refractivity contribution in [1.29, 1.82) is 0 Å². The van der Waals surface area contributed by atoms with Crippen LogP contribution >= 0.6 is 0 Å². The number of imidazole rings is 1. The van der Waals surface area contributed by atoms with E-state index in [1.165, 1.54) is 0 Å². The highest BCUT2D eigenvalue weighted by molar-refractivity contribution is 7.89. The second-order valence-corrected chi connectivity index (χ2v) is 10.8. The molecule has 0 spiro atoms.